The van der Waals surface area contributed by atoms with Crippen LogP contribution in [0.1, 0.15) is 24.5 Å². The van der Waals surface area contributed by atoms with Crippen LogP contribution in [0.3, 0.4) is 0 Å². The molecule has 0 saturated carbocycles. The van der Waals surface area contributed by atoms with Gasteiger partial charge in [-0.25, -0.2) is 9.97 Å². The standard InChI is InChI=1S/C20H20N6S.2ClH/c21-19-14(20-25-16-3-1-2-4-17(16)27-20)9-13(10-23-19)15-11-24-26-18(15)12-5-7-22-8-6-12;;/h1-4,9-12,22H,5-8H2,(H2,21,23)(H,24,26);2*1H. The van der Waals surface area contributed by atoms with Crippen LogP contribution in [0.2, 0.25) is 0 Å². The summed E-state index contributed by atoms with van der Waals surface area (Å²) < 4.78 is 1.15. The number of piperidine rings is 1. The fourth-order valence-electron chi connectivity index (χ4n) is 3.73. The predicted molar refractivity (Wildman–Crippen MR) is 124 cm³/mol. The first kappa shape index (κ1) is 21.5. The Balaban J connectivity index is 0.00000120. The van der Waals surface area contributed by atoms with Gasteiger partial charge in [0.25, 0.3) is 0 Å². The van der Waals surface area contributed by atoms with Crippen molar-refractivity contribution in [2.24, 2.45) is 0 Å². The zero-order chi connectivity index (χ0) is 18.2. The summed E-state index contributed by atoms with van der Waals surface area (Å²) in [7, 11) is 0. The predicted octanol–water partition coefficient (Wildman–Crippen LogP) is 4.64. The number of aromatic amines is 1. The molecule has 1 aliphatic heterocycles. The molecule has 4 aromatic rings. The summed E-state index contributed by atoms with van der Waals surface area (Å²) in [6, 6.07) is 10.2. The minimum Gasteiger partial charge on any atom is -0.383 e. The van der Waals surface area contributed by atoms with Gasteiger partial charge in [-0.3, -0.25) is 5.10 Å². The number of halogens is 2. The van der Waals surface area contributed by atoms with Crippen LogP contribution in [-0.2, 0) is 0 Å². The topological polar surface area (TPSA) is 92.5 Å². The molecule has 4 N–H and O–H groups in total. The number of rotatable bonds is 3. The van der Waals surface area contributed by atoms with E-state index in [2.05, 4.69) is 32.6 Å². The highest BCUT2D eigenvalue weighted by Crippen LogP contribution is 2.37. The van der Waals surface area contributed by atoms with E-state index in [0.717, 1.165) is 57.8 Å². The molecule has 0 radical (unpaired) electrons. The molecule has 0 spiro atoms. The van der Waals surface area contributed by atoms with E-state index in [4.69, 9.17) is 10.7 Å². The molecule has 1 saturated heterocycles. The van der Waals surface area contributed by atoms with Crippen molar-refractivity contribution in [3.8, 4) is 21.7 Å². The second-order valence-corrected chi connectivity index (χ2v) is 7.90. The highest BCUT2D eigenvalue weighted by atomic mass is 35.5. The van der Waals surface area contributed by atoms with Crippen molar-refractivity contribution in [3.05, 3.63) is 48.4 Å². The van der Waals surface area contributed by atoms with E-state index in [1.165, 1.54) is 5.69 Å². The average molecular weight is 449 g/mol. The third-order valence-corrected chi connectivity index (χ3v) is 6.24. The van der Waals surface area contributed by atoms with Gasteiger partial charge in [0.1, 0.15) is 10.8 Å². The third-order valence-electron chi connectivity index (χ3n) is 5.17. The fraction of sp³-hybridized carbons (Fsp3) is 0.250. The number of hydrogen-bond acceptors (Lipinski definition) is 6. The number of nitrogens with one attached hydrogen (secondary N) is 2. The number of nitrogens with zero attached hydrogens (tertiary/aromatic N) is 3. The number of nitrogen functional groups attached to an aromatic ring is 1. The Bertz CT molecular complexity index is 1070. The molecule has 0 aliphatic carbocycles. The summed E-state index contributed by atoms with van der Waals surface area (Å²) in [4.78, 5) is 9.20. The molecule has 9 heteroatoms. The van der Waals surface area contributed by atoms with E-state index in [-0.39, 0.29) is 24.8 Å². The summed E-state index contributed by atoms with van der Waals surface area (Å²) in [5, 5.41) is 11.9. The van der Waals surface area contributed by atoms with Crippen molar-refractivity contribution < 1.29 is 0 Å². The molecule has 152 valence electrons. The Morgan fingerprint density at radius 1 is 1.03 bits per heavy atom. The Kier molecular flexibility index (Phi) is 6.74. The summed E-state index contributed by atoms with van der Waals surface area (Å²) in [5.74, 6) is 0.997. The van der Waals surface area contributed by atoms with Crippen molar-refractivity contribution in [2.75, 3.05) is 18.8 Å². The maximum Gasteiger partial charge on any atom is 0.133 e. The number of hydrogen-bond donors (Lipinski definition) is 3. The summed E-state index contributed by atoms with van der Waals surface area (Å²) in [5.41, 5.74) is 11.4. The summed E-state index contributed by atoms with van der Waals surface area (Å²) in [6.07, 6.45) is 5.96. The SMILES string of the molecule is Cl.Cl.Nc1ncc(-c2cn[nH]c2C2CCNCC2)cc1-c1nc2ccccc2s1. The number of nitrogens with two attached hydrogens (primary N) is 1. The van der Waals surface area contributed by atoms with E-state index in [9.17, 15) is 0 Å². The minimum atomic E-state index is 0. The second kappa shape index (κ2) is 9.09. The molecular weight excluding hydrogens is 427 g/mol. The van der Waals surface area contributed by atoms with Crippen molar-refractivity contribution >= 4 is 52.2 Å². The van der Waals surface area contributed by atoms with Crippen molar-refractivity contribution in [2.45, 2.75) is 18.8 Å². The van der Waals surface area contributed by atoms with Crippen LogP contribution in [0.4, 0.5) is 5.82 Å². The van der Waals surface area contributed by atoms with E-state index in [1.54, 1.807) is 11.3 Å². The van der Waals surface area contributed by atoms with Crippen LogP contribution in [-0.4, -0.2) is 33.3 Å². The Morgan fingerprint density at radius 2 is 1.83 bits per heavy atom. The molecule has 1 aliphatic rings. The molecule has 0 unspecified atom stereocenters. The molecule has 0 amide bonds. The van der Waals surface area contributed by atoms with Gasteiger partial charge in [-0.05, 0) is 44.1 Å². The molecular formula is C20H22Cl2N6S. The molecule has 6 nitrogen and oxygen atoms in total. The third kappa shape index (κ3) is 4.09. The van der Waals surface area contributed by atoms with Gasteiger partial charge in [-0.15, -0.1) is 36.2 Å². The number of para-hydroxylation sites is 1. The Hall–Kier alpha value is -2.19. The molecule has 5 rings (SSSR count). The van der Waals surface area contributed by atoms with Crippen molar-refractivity contribution in [1.29, 1.82) is 0 Å². The molecule has 0 bridgehead atoms. The first-order valence-corrected chi connectivity index (χ1v) is 9.97. The van der Waals surface area contributed by atoms with Crippen LogP contribution in [0.15, 0.2) is 42.7 Å². The average Bonchev–Trinajstić information content (AvgIpc) is 3.36. The van der Waals surface area contributed by atoms with Gasteiger partial charge in [0.15, 0.2) is 0 Å². The fourth-order valence-corrected chi connectivity index (χ4v) is 4.72. The van der Waals surface area contributed by atoms with E-state index in [0.29, 0.717) is 11.7 Å². The normalized spacial score (nSPS) is 14.3. The number of pyridine rings is 1. The van der Waals surface area contributed by atoms with E-state index in [1.807, 2.05) is 30.6 Å². The Labute approximate surface area is 185 Å². The zero-order valence-electron chi connectivity index (χ0n) is 15.6. The monoisotopic (exact) mass is 448 g/mol. The smallest absolute Gasteiger partial charge is 0.133 e. The van der Waals surface area contributed by atoms with Gasteiger partial charge in [-0.2, -0.15) is 5.10 Å². The lowest BCUT2D eigenvalue weighted by molar-refractivity contribution is 0.453. The number of thiazole rings is 1. The van der Waals surface area contributed by atoms with Gasteiger partial charge in [-0.1, -0.05) is 12.1 Å². The van der Waals surface area contributed by atoms with Crippen LogP contribution in [0, 0.1) is 0 Å². The van der Waals surface area contributed by atoms with Crippen LogP contribution >= 0.6 is 36.2 Å². The van der Waals surface area contributed by atoms with E-state index < -0.39 is 0 Å². The number of anilines is 1. The van der Waals surface area contributed by atoms with Crippen molar-refractivity contribution in [3.63, 3.8) is 0 Å². The largest absolute Gasteiger partial charge is 0.383 e. The number of benzene rings is 1. The second-order valence-electron chi connectivity index (χ2n) is 6.87. The van der Waals surface area contributed by atoms with Crippen LogP contribution in [0.25, 0.3) is 31.9 Å². The van der Waals surface area contributed by atoms with E-state index >= 15 is 0 Å². The minimum absolute atomic E-state index is 0. The first-order chi connectivity index (χ1) is 13.3. The number of fused-ring (bicyclic) bond motifs is 1. The molecule has 4 heterocycles. The lowest BCUT2D eigenvalue weighted by atomic mass is 9.90. The van der Waals surface area contributed by atoms with Gasteiger partial charge < -0.3 is 11.1 Å². The molecule has 0 atom stereocenters. The molecule has 1 aromatic carbocycles. The Morgan fingerprint density at radius 3 is 2.62 bits per heavy atom. The van der Waals surface area contributed by atoms with Gasteiger partial charge in [0.05, 0.1) is 22.0 Å². The lowest BCUT2D eigenvalue weighted by Crippen LogP contribution is -2.27. The highest BCUT2D eigenvalue weighted by molar-refractivity contribution is 7.21. The summed E-state index contributed by atoms with van der Waals surface area (Å²) in [6.45, 7) is 2.08. The van der Waals surface area contributed by atoms with Crippen LogP contribution in [0.5, 0.6) is 0 Å². The van der Waals surface area contributed by atoms with Gasteiger partial charge >= 0.3 is 0 Å². The first-order valence-electron chi connectivity index (χ1n) is 9.15. The molecule has 29 heavy (non-hydrogen) atoms. The van der Waals surface area contributed by atoms with Crippen molar-refractivity contribution in [1.82, 2.24) is 25.5 Å². The zero-order valence-corrected chi connectivity index (χ0v) is 18.0. The van der Waals surface area contributed by atoms with Gasteiger partial charge in [0, 0.05) is 28.9 Å². The number of aromatic nitrogens is 4. The maximum atomic E-state index is 6.20. The summed E-state index contributed by atoms with van der Waals surface area (Å²) >= 11 is 1.64. The highest BCUT2D eigenvalue weighted by Gasteiger charge is 2.22. The molecule has 1 fully saturated rings. The maximum absolute atomic E-state index is 6.20. The van der Waals surface area contributed by atoms with Crippen LogP contribution < -0.4 is 11.1 Å². The number of H-pyrrole nitrogens is 1. The lowest BCUT2D eigenvalue weighted by Gasteiger charge is -2.22. The quantitative estimate of drug-likeness (QED) is 0.424. The molecule has 3 aromatic heterocycles. The van der Waals surface area contributed by atoms with Gasteiger partial charge in [0.2, 0.25) is 0 Å².